The molecule has 0 unspecified atom stereocenters. The van der Waals surface area contributed by atoms with Gasteiger partial charge in [0.25, 0.3) is 0 Å². The zero-order chi connectivity index (χ0) is 10.2. The smallest absolute Gasteiger partial charge is 0.0534 e. The Morgan fingerprint density at radius 3 is 3.14 bits per heavy atom. The second-order valence-corrected chi connectivity index (χ2v) is 3.43. The molecule has 0 fully saturated rings. The summed E-state index contributed by atoms with van der Waals surface area (Å²) in [7, 11) is 0. The number of aryl methyl sites for hydroxylation is 1. The SMILES string of the molecule is CCCn1cc(CNCCCN)cn1. The molecule has 1 aromatic rings. The van der Waals surface area contributed by atoms with Crippen molar-refractivity contribution in [2.45, 2.75) is 32.9 Å². The lowest BCUT2D eigenvalue weighted by atomic mass is 10.3. The Morgan fingerprint density at radius 1 is 1.57 bits per heavy atom. The molecule has 0 aliphatic rings. The molecule has 0 aliphatic carbocycles. The van der Waals surface area contributed by atoms with Crippen molar-refractivity contribution in [2.75, 3.05) is 13.1 Å². The zero-order valence-corrected chi connectivity index (χ0v) is 8.87. The van der Waals surface area contributed by atoms with Crippen molar-refractivity contribution in [1.29, 1.82) is 0 Å². The molecule has 4 heteroatoms. The number of hydrogen-bond donors (Lipinski definition) is 2. The van der Waals surface area contributed by atoms with Gasteiger partial charge in [0, 0.05) is 24.8 Å². The van der Waals surface area contributed by atoms with Gasteiger partial charge in [0.1, 0.15) is 0 Å². The molecule has 0 saturated heterocycles. The molecular weight excluding hydrogens is 176 g/mol. The lowest BCUT2D eigenvalue weighted by Gasteiger charge is -2.00. The summed E-state index contributed by atoms with van der Waals surface area (Å²) in [5.74, 6) is 0. The predicted octanol–water partition coefficient (Wildman–Crippen LogP) is 0.731. The lowest BCUT2D eigenvalue weighted by Crippen LogP contribution is -2.17. The van der Waals surface area contributed by atoms with E-state index in [1.807, 2.05) is 10.9 Å². The fourth-order valence-corrected chi connectivity index (χ4v) is 1.31. The van der Waals surface area contributed by atoms with Crippen LogP contribution in [-0.2, 0) is 13.1 Å². The van der Waals surface area contributed by atoms with Crippen LogP contribution in [0.25, 0.3) is 0 Å². The van der Waals surface area contributed by atoms with Gasteiger partial charge in [-0.2, -0.15) is 5.10 Å². The number of nitrogens with one attached hydrogen (secondary N) is 1. The molecule has 0 aromatic carbocycles. The van der Waals surface area contributed by atoms with E-state index in [4.69, 9.17) is 5.73 Å². The number of aromatic nitrogens is 2. The van der Waals surface area contributed by atoms with E-state index in [1.54, 1.807) is 0 Å². The van der Waals surface area contributed by atoms with Crippen LogP contribution in [-0.4, -0.2) is 22.9 Å². The Kier molecular flexibility index (Phi) is 5.25. The van der Waals surface area contributed by atoms with E-state index in [1.165, 1.54) is 5.56 Å². The van der Waals surface area contributed by atoms with E-state index in [2.05, 4.69) is 23.5 Å². The van der Waals surface area contributed by atoms with Crippen molar-refractivity contribution in [3.63, 3.8) is 0 Å². The monoisotopic (exact) mass is 196 g/mol. The molecule has 1 rings (SSSR count). The Labute approximate surface area is 85.5 Å². The molecule has 0 radical (unpaired) electrons. The van der Waals surface area contributed by atoms with E-state index in [9.17, 15) is 0 Å². The normalized spacial score (nSPS) is 10.7. The highest BCUT2D eigenvalue weighted by molar-refractivity contribution is 5.03. The molecule has 4 nitrogen and oxygen atoms in total. The van der Waals surface area contributed by atoms with Crippen LogP contribution in [0.3, 0.4) is 0 Å². The van der Waals surface area contributed by atoms with Crippen molar-refractivity contribution in [3.05, 3.63) is 18.0 Å². The van der Waals surface area contributed by atoms with Crippen molar-refractivity contribution >= 4 is 0 Å². The summed E-state index contributed by atoms with van der Waals surface area (Å²) in [5, 5.41) is 7.58. The number of rotatable bonds is 7. The standard InChI is InChI=1S/C10H20N4/c1-2-6-14-9-10(8-13-14)7-12-5-3-4-11/h8-9,12H,2-7,11H2,1H3. The Balaban J connectivity index is 2.22. The van der Waals surface area contributed by atoms with Crippen LogP contribution in [0.1, 0.15) is 25.3 Å². The van der Waals surface area contributed by atoms with Gasteiger partial charge in [-0.15, -0.1) is 0 Å². The van der Waals surface area contributed by atoms with Gasteiger partial charge in [-0.1, -0.05) is 6.92 Å². The van der Waals surface area contributed by atoms with E-state index in [0.29, 0.717) is 0 Å². The van der Waals surface area contributed by atoms with Gasteiger partial charge in [0.15, 0.2) is 0 Å². The molecule has 0 saturated carbocycles. The molecule has 0 aliphatic heterocycles. The fraction of sp³-hybridized carbons (Fsp3) is 0.700. The maximum Gasteiger partial charge on any atom is 0.0534 e. The third-order valence-corrected chi connectivity index (χ3v) is 2.03. The van der Waals surface area contributed by atoms with Crippen molar-refractivity contribution in [2.24, 2.45) is 5.73 Å². The maximum atomic E-state index is 5.40. The molecule has 3 N–H and O–H groups in total. The first-order valence-corrected chi connectivity index (χ1v) is 5.29. The van der Waals surface area contributed by atoms with Gasteiger partial charge < -0.3 is 11.1 Å². The molecule has 80 valence electrons. The molecule has 0 amide bonds. The van der Waals surface area contributed by atoms with Gasteiger partial charge in [-0.25, -0.2) is 0 Å². The van der Waals surface area contributed by atoms with Crippen LogP contribution in [0.2, 0.25) is 0 Å². The highest BCUT2D eigenvalue weighted by atomic mass is 15.3. The first kappa shape index (κ1) is 11.2. The summed E-state index contributed by atoms with van der Waals surface area (Å²) in [4.78, 5) is 0. The van der Waals surface area contributed by atoms with Crippen LogP contribution in [0.5, 0.6) is 0 Å². The highest BCUT2D eigenvalue weighted by Gasteiger charge is 1.96. The fourth-order valence-electron chi connectivity index (χ4n) is 1.31. The average Bonchev–Trinajstić information content (AvgIpc) is 2.61. The van der Waals surface area contributed by atoms with Gasteiger partial charge in [0.2, 0.25) is 0 Å². The summed E-state index contributed by atoms with van der Waals surface area (Å²) >= 11 is 0. The summed E-state index contributed by atoms with van der Waals surface area (Å²) in [6.45, 7) is 5.78. The first-order valence-electron chi connectivity index (χ1n) is 5.29. The number of nitrogens with two attached hydrogens (primary N) is 1. The van der Waals surface area contributed by atoms with Crippen molar-refractivity contribution < 1.29 is 0 Å². The minimum Gasteiger partial charge on any atom is -0.330 e. The highest BCUT2D eigenvalue weighted by Crippen LogP contribution is 1.97. The predicted molar refractivity (Wildman–Crippen MR) is 57.9 cm³/mol. The van der Waals surface area contributed by atoms with Crippen LogP contribution < -0.4 is 11.1 Å². The van der Waals surface area contributed by atoms with Gasteiger partial charge in [0.05, 0.1) is 6.20 Å². The van der Waals surface area contributed by atoms with Gasteiger partial charge in [-0.05, 0) is 25.9 Å². The molecule has 1 heterocycles. The summed E-state index contributed by atoms with van der Waals surface area (Å²) in [6.07, 6.45) is 6.18. The third-order valence-electron chi connectivity index (χ3n) is 2.03. The summed E-state index contributed by atoms with van der Waals surface area (Å²) < 4.78 is 1.99. The van der Waals surface area contributed by atoms with Crippen LogP contribution >= 0.6 is 0 Å². The van der Waals surface area contributed by atoms with E-state index < -0.39 is 0 Å². The second-order valence-electron chi connectivity index (χ2n) is 3.43. The van der Waals surface area contributed by atoms with E-state index >= 15 is 0 Å². The van der Waals surface area contributed by atoms with Crippen molar-refractivity contribution in [1.82, 2.24) is 15.1 Å². The summed E-state index contributed by atoms with van der Waals surface area (Å²) in [6, 6.07) is 0. The second kappa shape index (κ2) is 6.56. The molecule has 1 aromatic heterocycles. The minimum absolute atomic E-state index is 0.752. The van der Waals surface area contributed by atoms with E-state index in [-0.39, 0.29) is 0 Å². The number of hydrogen-bond acceptors (Lipinski definition) is 3. The van der Waals surface area contributed by atoms with Crippen LogP contribution in [0.15, 0.2) is 12.4 Å². The molecule has 0 spiro atoms. The van der Waals surface area contributed by atoms with Crippen LogP contribution in [0.4, 0.5) is 0 Å². The quantitative estimate of drug-likeness (QED) is 0.632. The topological polar surface area (TPSA) is 55.9 Å². The summed E-state index contributed by atoms with van der Waals surface area (Å²) in [5.41, 5.74) is 6.64. The molecule has 0 atom stereocenters. The van der Waals surface area contributed by atoms with Crippen molar-refractivity contribution in [3.8, 4) is 0 Å². The largest absolute Gasteiger partial charge is 0.330 e. The average molecular weight is 196 g/mol. The maximum absolute atomic E-state index is 5.40. The van der Waals surface area contributed by atoms with Gasteiger partial charge in [-0.3, -0.25) is 4.68 Å². The zero-order valence-electron chi connectivity index (χ0n) is 8.87. The molecule has 14 heavy (non-hydrogen) atoms. The first-order chi connectivity index (χ1) is 6.86. The lowest BCUT2D eigenvalue weighted by molar-refractivity contribution is 0.600. The Hall–Kier alpha value is -0.870. The van der Waals surface area contributed by atoms with E-state index in [0.717, 1.165) is 39.0 Å². The number of nitrogens with zero attached hydrogens (tertiary/aromatic N) is 2. The van der Waals surface area contributed by atoms with Gasteiger partial charge >= 0.3 is 0 Å². The van der Waals surface area contributed by atoms with Crippen LogP contribution in [0, 0.1) is 0 Å². The molecule has 0 bridgehead atoms. The third kappa shape index (κ3) is 3.89. The minimum atomic E-state index is 0.752. The Bertz CT molecular complexity index is 244. The Morgan fingerprint density at radius 2 is 2.43 bits per heavy atom. The molecular formula is C10H20N4.